The van der Waals surface area contributed by atoms with Crippen LogP contribution in [-0.2, 0) is 34.2 Å². The van der Waals surface area contributed by atoms with Gasteiger partial charge in [0.25, 0.3) is 0 Å². The summed E-state index contributed by atoms with van der Waals surface area (Å²) in [6.45, 7) is 4.50. The van der Waals surface area contributed by atoms with Gasteiger partial charge in [-0.3, -0.25) is 4.79 Å². The zero-order valence-electron chi connectivity index (χ0n) is 15.4. The lowest BCUT2D eigenvalue weighted by Crippen LogP contribution is -2.37. The van der Waals surface area contributed by atoms with E-state index in [-0.39, 0.29) is 29.1 Å². The summed E-state index contributed by atoms with van der Waals surface area (Å²) in [7, 11) is -3.57. The van der Waals surface area contributed by atoms with Gasteiger partial charge in [0.2, 0.25) is 15.9 Å². The van der Waals surface area contributed by atoms with Crippen LogP contribution >= 0.6 is 0 Å². The van der Waals surface area contributed by atoms with E-state index in [9.17, 15) is 17.6 Å². The zero-order valence-corrected chi connectivity index (χ0v) is 16.2. The number of nitrogens with zero attached hydrogens (tertiary/aromatic N) is 1. The van der Waals surface area contributed by atoms with Crippen molar-refractivity contribution in [2.24, 2.45) is 0 Å². The monoisotopic (exact) mass is 390 g/mol. The maximum absolute atomic E-state index is 13.0. The molecule has 1 heterocycles. The van der Waals surface area contributed by atoms with Crippen LogP contribution in [0, 0.1) is 5.82 Å². The molecule has 0 saturated carbocycles. The molecule has 2 aromatic carbocycles. The number of hydrogen-bond acceptors (Lipinski definition) is 3. The molecule has 1 aliphatic heterocycles. The van der Waals surface area contributed by atoms with Gasteiger partial charge in [-0.05, 0) is 61.2 Å². The third-order valence-electron chi connectivity index (χ3n) is 4.51. The molecule has 7 heteroatoms. The Morgan fingerprint density at radius 1 is 1.15 bits per heavy atom. The summed E-state index contributed by atoms with van der Waals surface area (Å²) in [5.74, 6) is -0.386. The highest BCUT2D eigenvalue weighted by Crippen LogP contribution is 2.23. The Labute approximate surface area is 159 Å². The molecule has 144 valence electrons. The van der Waals surface area contributed by atoms with Crippen molar-refractivity contribution in [3.8, 4) is 0 Å². The van der Waals surface area contributed by atoms with E-state index >= 15 is 0 Å². The van der Waals surface area contributed by atoms with E-state index in [1.807, 2.05) is 6.07 Å². The number of fused-ring (bicyclic) bond motifs is 1. The SMILES string of the molecule is CC(C)NS(=O)(=O)c1ccc2c(c1)CN(C(=O)Cc1ccc(F)cc1)CC2. The van der Waals surface area contributed by atoms with Gasteiger partial charge in [0, 0.05) is 19.1 Å². The molecule has 1 aliphatic rings. The molecule has 2 aromatic rings. The van der Waals surface area contributed by atoms with Crippen LogP contribution in [0.2, 0.25) is 0 Å². The van der Waals surface area contributed by atoms with Crippen LogP contribution in [0.5, 0.6) is 0 Å². The predicted molar refractivity (Wildman–Crippen MR) is 101 cm³/mol. The number of amides is 1. The largest absolute Gasteiger partial charge is 0.338 e. The van der Waals surface area contributed by atoms with Gasteiger partial charge in [-0.2, -0.15) is 0 Å². The Morgan fingerprint density at radius 2 is 1.85 bits per heavy atom. The van der Waals surface area contributed by atoms with Crippen molar-refractivity contribution in [1.29, 1.82) is 0 Å². The molecule has 0 bridgehead atoms. The normalized spacial score (nSPS) is 14.3. The van der Waals surface area contributed by atoms with Crippen molar-refractivity contribution >= 4 is 15.9 Å². The molecular weight excluding hydrogens is 367 g/mol. The molecule has 1 amide bonds. The smallest absolute Gasteiger partial charge is 0.240 e. The summed E-state index contributed by atoms with van der Waals surface area (Å²) in [6.07, 6.45) is 0.880. The van der Waals surface area contributed by atoms with Crippen LogP contribution in [0.25, 0.3) is 0 Å². The number of carbonyl (C=O) groups is 1. The quantitative estimate of drug-likeness (QED) is 0.854. The average Bonchev–Trinajstić information content (AvgIpc) is 2.61. The predicted octanol–water partition coefficient (Wildman–Crippen LogP) is 2.64. The number of hydrogen-bond donors (Lipinski definition) is 1. The Morgan fingerprint density at radius 3 is 2.52 bits per heavy atom. The molecule has 5 nitrogen and oxygen atoms in total. The molecule has 0 aliphatic carbocycles. The van der Waals surface area contributed by atoms with Gasteiger partial charge < -0.3 is 4.90 Å². The van der Waals surface area contributed by atoms with E-state index in [0.29, 0.717) is 19.5 Å². The molecule has 0 aromatic heterocycles. The minimum absolute atomic E-state index is 0.0548. The van der Waals surface area contributed by atoms with E-state index in [1.165, 1.54) is 12.1 Å². The Balaban J connectivity index is 1.75. The first-order chi connectivity index (χ1) is 12.7. The third kappa shape index (κ3) is 4.73. The van der Waals surface area contributed by atoms with Crippen LogP contribution in [0.4, 0.5) is 4.39 Å². The van der Waals surface area contributed by atoms with E-state index < -0.39 is 10.0 Å². The standard InChI is InChI=1S/C20H23FN2O3S/c1-14(2)22-27(25,26)19-8-5-16-9-10-23(13-17(16)12-19)20(24)11-15-3-6-18(21)7-4-15/h3-8,12,14,22H,9-11,13H2,1-2H3. The van der Waals surface area contributed by atoms with Crippen LogP contribution < -0.4 is 4.72 Å². The first-order valence-electron chi connectivity index (χ1n) is 8.91. The Kier molecular flexibility index (Phi) is 5.62. The van der Waals surface area contributed by atoms with E-state index in [4.69, 9.17) is 0 Å². The fraction of sp³-hybridized carbons (Fsp3) is 0.350. The minimum atomic E-state index is -3.57. The lowest BCUT2D eigenvalue weighted by atomic mass is 9.99. The molecule has 0 spiro atoms. The molecule has 0 atom stereocenters. The van der Waals surface area contributed by atoms with Crippen LogP contribution in [-0.4, -0.2) is 31.8 Å². The number of sulfonamides is 1. The van der Waals surface area contributed by atoms with E-state index in [1.54, 1.807) is 43.0 Å². The summed E-state index contributed by atoms with van der Waals surface area (Å²) in [5, 5.41) is 0. The summed E-state index contributed by atoms with van der Waals surface area (Å²) in [5.41, 5.74) is 2.66. The average molecular weight is 390 g/mol. The second kappa shape index (κ2) is 7.78. The maximum atomic E-state index is 13.0. The summed E-state index contributed by atoms with van der Waals surface area (Å²) in [4.78, 5) is 14.5. The first kappa shape index (κ1) is 19.5. The van der Waals surface area contributed by atoms with Gasteiger partial charge in [-0.1, -0.05) is 18.2 Å². The molecule has 0 unspecified atom stereocenters. The number of nitrogens with one attached hydrogen (secondary N) is 1. The van der Waals surface area contributed by atoms with Crippen molar-refractivity contribution in [2.45, 2.75) is 44.2 Å². The fourth-order valence-electron chi connectivity index (χ4n) is 3.18. The Bertz CT molecular complexity index is 940. The van der Waals surface area contributed by atoms with Gasteiger partial charge in [0.05, 0.1) is 11.3 Å². The van der Waals surface area contributed by atoms with Gasteiger partial charge in [0.1, 0.15) is 5.82 Å². The van der Waals surface area contributed by atoms with Crippen LogP contribution in [0.1, 0.15) is 30.5 Å². The zero-order chi connectivity index (χ0) is 19.6. The topological polar surface area (TPSA) is 66.5 Å². The van der Waals surface area contributed by atoms with Gasteiger partial charge in [-0.25, -0.2) is 17.5 Å². The molecule has 1 N–H and O–H groups in total. The lowest BCUT2D eigenvalue weighted by Gasteiger charge is -2.29. The van der Waals surface area contributed by atoms with Crippen LogP contribution in [0.15, 0.2) is 47.4 Å². The second-order valence-corrected chi connectivity index (χ2v) is 8.79. The molecule has 27 heavy (non-hydrogen) atoms. The van der Waals surface area contributed by atoms with Gasteiger partial charge >= 0.3 is 0 Å². The summed E-state index contributed by atoms with van der Waals surface area (Å²) < 4.78 is 40.4. The third-order valence-corrected chi connectivity index (χ3v) is 6.17. The molecule has 0 saturated heterocycles. The number of carbonyl (C=O) groups excluding carboxylic acids is 1. The summed E-state index contributed by atoms with van der Waals surface area (Å²) >= 11 is 0. The Hall–Kier alpha value is -2.25. The molecule has 0 radical (unpaired) electrons. The van der Waals surface area contributed by atoms with Crippen molar-refractivity contribution < 1.29 is 17.6 Å². The molecule has 3 rings (SSSR count). The molecular formula is C20H23FN2O3S. The first-order valence-corrected chi connectivity index (χ1v) is 10.4. The van der Waals surface area contributed by atoms with Crippen molar-refractivity contribution in [2.75, 3.05) is 6.54 Å². The number of benzene rings is 2. The van der Waals surface area contributed by atoms with Crippen molar-refractivity contribution in [3.05, 3.63) is 65.0 Å². The highest BCUT2D eigenvalue weighted by molar-refractivity contribution is 7.89. The van der Waals surface area contributed by atoms with E-state index in [0.717, 1.165) is 16.7 Å². The number of halogens is 1. The van der Waals surface area contributed by atoms with Crippen LogP contribution in [0.3, 0.4) is 0 Å². The highest BCUT2D eigenvalue weighted by Gasteiger charge is 2.23. The fourth-order valence-corrected chi connectivity index (χ4v) is 4.48. The van der Waals surface area contributed by atoms with Gasteiger partial charge in [-0.15, -0.1) is 0 Å². The van der Waals surface area contributed by atoms with Crippen molar-refractivity contribution in [1.82, 2.24) is 9.62 Å². The van der Waals surface area contributed by atoms with Gasteiger partial charge in [0.15, 0.2) is 0 Å². The minimum Gasteiger partial charge on any atom is -0.338 e. The molecule has 0 fully saturated rings. The maximum Gasteiger partial charge on any atom is 0.240 e. The second-order valence-electron chi connectivity index (χ2n) is 7.08. The lowest BCUT2D eigenvalue weighted by molar-refractivity contribution is -0.131. The summed E-state index contributed by atoms with van der Waals surface area (Å²) in [6, 6.07) is 10.8. The highest BCUT2D eigenvalue weighted by atomic mass is 32.2. The van der Waals surface area contributed by atoms with E-state index in [2.05, 4.69) is 4.72 Å². The van der Waals surface area contributed by atoms with Crippen molar-refractivity contribution in [3.63, 3.8) is 0 Å². The number of rotatable bonds is 5.